The van der Waals surface area contributed by atoms with Crippen molar-refractivity contribution in [3.8, 4) is 6.07 Å². The molecule has 2 aromatic carbocycles. The van der Waals surface area contributed by atoms with Crippen LogP contribution in [0.4, 0.5) is 4.79 Å². The zero-order valence-electron chi connectivity index (χ0n) is 19.1. The predicted octanol–water partition coefficient (Wildman–Crippen LogP) is 4.24. The number of amides is 2. The average Bonchev–Trinajstić information content (AvgIpc) is 2.81. The second-order valence-corrected chi connectivity index (χ2v) is 8.13. The normalized spacial score (nSPS) is 13.5. The minimum atomic E-state index is -1.52. The number of hydrogen-bond acceptors (Lipinski definition) is 5. The lowest BCUT2D eigenvalue weighted by molar-refractivity contribution is -0.164. The molecule has 2 unspecified atom stereocenters. The number of carbonyl (C=O) groups excluding carboxylic acids is 2. The van der Waals surface area contributed by atoms with Crippen molar-refractivity contribution < 1.29 is 19.1 Å². The monoisotopic (exact) mass is 437 g/mol. The molecule has 0 saturated carbocycles. The van der Waals surface area contributed by atoms with Gasteiger partial charge in [0.15, 0.2) is 6.10 Å². The van der Waals surface area contributed by atoms with Gasteiger partial charge in [0, 0.05) is 13.6 Å². The van der Waals surface area contributed by atoms with Crippen molar-refractivity contribution >= 4 is 12.0 Å². The van der Waals surface area contributed by atoms with Gasteiger partial charge in [-0.25, -0.2) is 4.79 Å². The van der Waals surface area contributed by atoms with Crippen LogP contribution in [-0.2, 0) is 27.4 Å². The third kappa shape index (κ3) is 7.40. The van der Waals surface area contributed by atoms with Gasteiger partial charge in [0.2, 0.25) is 5.72 Å². The van der Waals surface area contributed by atoms with Crippen LogP contribution in [0.1, 0.15) is 38.3 Å². The average molecular weight is 438 g/mol. The Hall–Kier alpha value is -3.37. The molecule has 7 heteroatoms. The molecule has 0 bridgehead atoms. The highest BCUT2D eigenvalue weighted by molar-refractivity contribution is 5.84. The molecule has 0 spiro atoms. The van der Waals surface area contributed by atoms with Crippen molar-refractivity contribution in [2.75, 3.05) is 7.05 Å². The number of alkyl carbamates (subject to hydrolysis) is 1. The topological polar surface area (TPSA) is 91.7 Å². The van der Waals surface area contributed by atoms with Crippen LogP contribution in [0.3, 0.4) is 0 Å². The molecule has 1 N–H and O–H groups in total. The molecule has 2 rings (SSSR count). The maximum absolute atomic E-state index is 13.2. The molecule has 2 amide bonds. The molecule has 0 fully saturated rings. The lowest BCUT2D eigenvalue weighted by Gasteiger charge is -2.35. The summed E-state index contributed by atoms with van der Waals surface area (Å²) in [6.45, 7) is 5.83. The lowest BCUT2D eigenvalue weighted by Crippen LogP contribution is -2.53. The number of benzene rings is 2. The quantitative estimate of drug-likeness (QED) is 0.561. The summed E-state index contributed by atoms with van der Waals surface area (Å²) in [7, 11) is 1.48. The standard InChI is InChI=1S/C25H31N3O4/c1-19(2)15-22(32-24(30)27-16-20-11-7-5-8-12-20)23(29)28(4)25(3,18-26)31-17-21-13-9-6-10-14-21/h5-14,19,22H,15-17H2,1-4H3,(H,27,30). The molecule has 0 saturated heterocycles. The lowest BCUT2D eigenvalue weighted by atomic mass is 10.0. The van der Waals surface area contributed by atoms with Crippen molar-refractivity contribution in [2.45, 2.75) is 52.2 Å². The highest BCUT2D eigenvalue weighted by atomic mass is 16.6. The molecular weight excluding hydrogens is 406 g/mol. The van der Waals surface area contributed by atoms with E-state index in [0.717, 1.165) is 11.1 Å². The molecule has 0 aliphatic heterocycles. The van der Waals surface area contributed by atoms with Gasteiger partial charge in [-0.1, -0.05) is 74.5 Å². The van der Waals surface area contributed by atoms with Crippen molar-refractivity contribution in [3.63, 3.8) is 0 Å². The van der Waals surface area contributed by atoms with Crippen LogP contribution in [-0.4, -0.2) is 35.8 Å². The molecular formula is C25H31N3O4. The van der Waals surface area contributed by atoms with E-state index in [1.54, 1.807) is 0 Å². The molecule has 7 nitrogen and oxygen atoms in total. The number of hydrogen-bond donors (Lipinski definition) is 1. The van der Waals surface area contributed by atoms with Crippen LogP contribution >= 0.6 is 0 Å². The van der Waals surface area contributed by atoms with Crippen LogP contribution in [0.15, 0.2) is 60.7 Å². The first-order valence-corrected chi connectivity index (χ1v) is 10.6. The zero-order chi connectivity index (χ0) is 23.6. The van der Waals surface area contributed by atoms with Gasteiger partial charge in [-0.2, -0.15) is 5.26 Å². The molecule has 0 aliphatic carbocycles. The van der Waals surface area contributed by atoms with Crippen LogP contribution in [0, 0.1) is 17.2 Å². The van der Waals surface area contributed by atoms with Gasteiger partial charge in [-0.15, -0.1) is 0 Å². The SMILES string of the molecule is CC(C)CC(OC(=O)NCc1ccccc1)C(=O)N(C)C(C)(C#N)OCc1ccccc1. The summed E-state index contributed by atoms with van der Waals surface area (Å²) >= 11 is 0. The van der Waals surface area contributed by atoms with E-state index in [0.29, 0.717) is 6.42 Å². The first-order valence-electron chi connectivity index (χ1n) is 10.6. The summed E-state index contributed by atoms with van der Waals surface area (Å²) in [5, 5.41) is 12.4. The van der Waals surface area contributed by atoms with E-state index in [1.807, 2.05) is 74.5 Å². The van der Waals surface area contributed by atoms with Crippen molar-refractivity contribution in [2.24, 2.45) is 5.92 Å². The maximum atomic E-state index is 13.2. The van der Waals surface area contributed by atoms with Gasteiger partial charge in [-0.3, -0.25) is 4.79 Å². The Morgan fingerprint density at radius 3 is 2.16 bits per heavy atom. The molecule has 2 atom stereocenters. The first kappa shape index (κ1) is 24.9. The van der Waals surface area contributed by atoms with E-state index in [9.17, 15) is 14.9 Å². The number of rotatable bonds is 10. The maximum Gasteiger partial charge on any atom is 0.408 e. The first-order chi connectivity index (χ1) is 15.2. The predicted molar refractivity (Wildman–Crippen MR) is 121 cm³/mol. The second-order valence-electron chi connectivity index (χ2n) is 8.13. The number of carbonyl (C=O) groups is 2. The Bertz CT molecular complexity index is 912. The third-order valence-electron chi connectivity index (χ3n) is 5.03. The number of nitrogens with one attached hydrogen (secondary N) is 1. The summed E-state index contributed by atoms with van der Waals surface area (Å²) in [5.74, 6) is -0.400. The Morgan fingerprint density at radius 1 is 1.06 bits per heavy atom. The van der Waals surface area contributed by atoms with E-state index >= 15 is 0 Å². The van der Waals surface area contributed by atoms with E-state index in [-0.39, 0.29) is 19.1 Å². The Morgan fingerprint density at radius 2 is 1.62 bits per heavy atom. The molecule has 170 valence electrons. The second kappa shape index (κ2) is 11.9. The van der Waals surface area contributed by atoms with Crippen molar-refractivity contribution in [1.82, 2.24) is 10.2 Å². The van der Waals surface area contributed by atoms with Crippen LogP contribution in [0.25, 0.3) is 0 Å². The van der Waals surface area contributed by atoms with E-state index in [4.69, 9.17) is 9.47 Å². The number of likely N-dealkylation sites (N-methyl/N-ethyl adjacent to an activating group) is 1. The smallest absolute Gasteiger partial charge is 0.408 e. The highest BCUT2D eigenvalue weighted by Gasteiger charge is 2.38. The Balaban J connectivity index is 2.04. The summed E-state index contributed by atoms with van der Waals surface area (Å²) < 4.78 is 11.3. The van der Waals surface area contributed by atoms with E-state index < -0.39 is 23.8 Å². The summed E-state index contributed by atoms with van der Waals surface area (Å²) in [6, 6.07) is 20.9. The fourth-order valence-electron chi connectivity index (χ4n) is 3.00. The molecule has 0 aliphatic rings. The number of nitrogens with zero attached hydrogens (tertiary/aromatic N) is 2. The highest BCUT2D eigenvalue weighted by Crippen LogP contribution is 2.21. The largest absolute Gasteiger partial charge is 0.436 e. The van der Waals surface area contributed by atoms with Crippen LogP contribution in [0.5, 0.6) is 0 Å². The van der Waals surface area contributed by atoms with Crippen LogP contribution in [0.2, 0.25) is 0 Å². The van der Waals surface area contributed by atoms with E-state index in [1.165, 1.54) is 18.9 Å². The van der Waals surface area contributed by atoms with E-state index in [2.05, 4.69) is 11.4 Å². The number of ether oxygens (including phenoxy) is 2. The Labute approximate surface area is 189 Å². The molecule has 2 aromatic rings. The third-order valence-corrected chi connectivity index (χ3v) is 5.03. The zero-order valence-corrected chi connectivity index (χ0v) is 19.1. The molecule has 0 aromatic heterocycles. The van der Waals surface area contributed by atoms with Gasteiger partial charge in [0.1, 0.15) is 6.07 Å². The van der Waals surface area contributed by atoms with Crippen molar-refractivity contribution in [1.29, 1.82) is 5.26 Å². The minimum Gasteiger partial charge on any atom is -0.436 e. The molecule has 0 radical (unpaired) electrons. The molecule has 0 heterocycles. The summed E-state index contributed by atoms with van der Waals surface area (Å²) in [4.78, 5) is 26.8. The van der Waals surface area contributed by atoms with Crippen molar-refractivity contribution in [3.05, 3.63) is 71.8 Å². The van der Waals surface area contributed by atoms with Gasteiger partial charge >= 0.3 is 6.09 Å². The van der Waals surface area contributed by atoms with Gasteiger partial charge in [-0.05, 0) is 30.4 Å². The number of nitriles is 1. The van der Waals surface area contributed by atoms with Gasteiger partial charge in [0.25, 0.3) is 5.91 Å². The summed E-state index contributed by atoms with van der Waals surface area (Å²) in [5.41, 5.74) is 0.274. The van der Waals surface area contributed by atoms with Crippen LogP contribution < -0.4 is 5.32 Å². The minimum absolute atomic E-state index is 0.0952. The van der Waals surface area contributed by atoms with Gasteiger partial charge in [0.05, 0.1) is 6.61 Å². The fraction of sp³-hybridized carbons (Fsp3) is 0.400. The summed E-state index contributed by atoms with van der Waals surface area (Å²) in [6.07, 6.45) is -1.41. The Kier molecular flexibility index (Phi) is 9.23. The fourth-order valence-corrected chi connectivity index (χ4v) is 3.00. The molecule has 32 heavy (non-hydrogen) atoms. The van der Waals surface area contributed by atoms with Gasteiger partial charge < -0.3 is 19.7 Å².